The lowest BCUT2D eigenvalue weighted by atomic mass is 10.2. The number of carbonyl (C=O) groups excluding carboxylic acids is 1. The Hall–Kier alpha value is -2.57. The van der Waals surface area contributed by atoms with E-state index in [0.29, 0.717) is 11.4 Å². The predicted molar refractivity (Wildman–Crippen MR) is 78.0 cm³/mol. The number of benzene rings is 1. The summed E-state index contributed by atoms with van der Waals surface area (Å²) in [4.78, 5) is 17.9. The van der Waals surface area contributed by atoms with Crippen molar-refractivity contribution in [2.24, 2.45) is 0 Å². The molecule has 0 aliphatic heterocycles. The second kappa shape index (κ2) is 6.05. The van der Waals surface area contributed by atoms with Gasteiger partial charge in [0, 0.05) is 26.0 Å². The molecule has 0 radical (unpaired) electrons. The zero-order chi connectivity index (χ0) is 16.3. The number of alkyl halides is 3. The normalized spacial score (nSPS) is 11.1. The number of amides is 1. The van der Waals surface area contributed by atoms with Crippen LogP contribution in [0.5, 0.6) is 0 Å². The summed E-state index contributed by atoms with van der Waals surface area (Å²) in [6, 6.07) is 7.54. The molecule has 1 aromatic carbocycles. The zero-order valence-corrected chi connectivity index (χ0v) is 12.0. The van der Waals surface area contributed by atoms with Gasteiger partial charge in [-0.3, -0.25) is 4.79 Å². The molecule has 0 saturated heterocycles. The van der Waals surface area contributed by atoms with E-state index in [-0.39, 0.29) is 5.69 Å². The molecule has 0 saturated carbocycles. The minimum Gasteiger partial charge on any atom is -0.363 e. The van der Waals surface area contributed by atoms with Crippen molar-refractivity contribution in [2.45, 2.75) is 6.18 Å². The number of nitrogens with zero attached hydrogens (tertiary/aromatic N) is 2. The molecule has 2 rings (SSSR count). The third-order valence-corrected chi connectivity index (χ3v) is 2.94. The topological polar surface area (TPSA) is 45.2 Å². The fourth-order valence-electron chi connectivity index (χ4n) is 1.73. The minimum absolute atomic E-state index is 0.287. The lowest BCUT2D eigenvalue weighted by Gasteiger charge is -2.11. The van der Waals surface area contributed by atoms with E-state index in [0.717, 1.165) is 12.1 Å². The van der Waals surface area contributed by atoms with Crippen molar-refractivity contribution in [3.05, 3.63) is 53.7 Å². The van der Waals surface area contributed by atoms with Crippen LogP contribution in [0.4, 0.5) is 24.7 Å². The zero-order valence-electron chi connectivity index (χ0n) is 12.0. The molecule has 2 aromatic rings. The van der Waals surface area contributed by atoms with Crippen molar-refractivity contribution in [2.75, 3.05) is 24.3 Å². The number of halogens is 3. The summed E-state index contributed by atoms with van der Waals surface area (Å²) in [5, 5.41) is 2.53. The van der Waals surface area contributed by atoms with E-state index in [1.807, 2.05) is 14.1 Å². The SMILES string of the molecule is CN(C)c1ccc(C(=O)Nc2ccc(C(F)(F)F)cc2)cn1. The Morgan fingerprint density at radius 1 is 1.09 bits per heavy atom. The van der Waals surface area contributed by atoms with Gasteiger partial charge in [-0.05, 0) is 36.4 Å². The molecule has 1 aromatic heterocycles. The third-order valence-electron chi connectivity index (χ3n) is 2.94. The summed E-state index contributed by atoms with van der Waals surface area (Å²) in [5.41, 5.74) is -0.150. The van der Waals surface area contributed by atoms with Crippen LogP contribution in [0, 0.1) is 0 Å². The molecule has 0 atom stereocenters. The lowest BCUT2D eigenvalue weighted by Crippen LogP contribution is -2.14. The van der Waals surface area contributed by atoms with E-state index < -0.39 is 17.6 Å². The average Bonchev–Trinajstić information content (AvgIpc) is 2.47. The van der Waals surface area contributed by atoms with Gasteiger partial charge in [-0.25, -0.2) is 4.98 Å². The average molecular weight is 309 g/mol. The lowest BCUT2D eigenvalue weighted by molar-refractivity contribution is -0.137. The summed E-state index contributed by atoms with van der Waals surface area (Å²) in [7, 11) is 3.65. The molecular formula is C15H14F3N3O. The summed E-state index contributed by atoms with van der Waals surface area (Å²) >= 11 is 0. The highest BCUT2D eigenvalue weighted by atomic mass is 19.4. The molecule has 0 unspecified atom stereocenters. The first-order chi connectivity index (χ1) is 10.3. The Labute approximate surface area is 125 Å². The minimum atomic E-state index is -4.39. The highest BCUT2D eigenvalue weighted by molar-refractivity contribution is 6.04. The van der Waals surface area contributed by atoms with Gasteiger partial charge in [0.25, 0.3) is 5.91 Å². The first-order valence-electron chi connectivity index (χ1n) is 6.39. The summed E-state index contributed by atoms with van der Waals surface area (Å²) in [6.07, 6.45) is -2.98. The summed E-state index contributed by atoms with van der Waals surface area (Å²) in [6.45, 7) is 0. The van der Waals surface area contributed by atoms with Crippen LogP contribution in [0.15, 0.2) is 42.6 Å². The van der Waals surface area contributed by atoms with Crippen LogP contribution in [0.2, 0.25) is 0 Å². The van der Waals surface area contributed by atoms with E-state index in [9.17, 15) is 18.0 Å². The fourth-order valence-corrected chi connectivity index (χ4v) is 1.73. The van der Waals surface area contributed by atoms with E-state index in [1.54, 1.807) is 17.0 Å². The van der Waals surface area contributed by atoms with Gasteiger partial charge < -0.3 is 10.2 Å². The number of hydrogen-bond donors (Lipinski definition) is 1. The molecule has 0 bridgehead atoms. The highest BCUT2D eigenvalue weighted by Crippen LogP contribution is 2.29. The quantitative estimate of drug-likeness (QED) is 0.945. The van der Waals surface area contributed by atoms with Crippen LogP contribution in [0.3, 0.4) is 0 Å². The van der Waals surface area contributed by atoms with E-state index in [1.165, 1.54) is 18.3 Å². The predicted octanol–water partition coefficient (Wildman–Crippen LogP) is 3.42. The third kappa shape index (κ3) is 3.75. The van der Waals surface area contributed by atoms with Crippen LogP contribution < -0.4 is 10.2 Å². The Bertz CT molecular complexity index is 649. The number of rotatable bonds is 3. The van der Waals surface area contributed by atoms with Gasteiger partial charge in [0.15, 0.2) is 0 Å². The standard InChI is InChI=1S/C15H14F3N3O/c1-21(2)13-8-3-10(9-19-13)14(22)20-12-6-4-11(5-7-12)15(16,17)18/h3-9H,1-2H3,(H,20,22). The Balaban J connectivity index is 2.08. The Kier molecular flexibility index (Phi) is 4.35. The maximum absolute atomic E-state index is 12.5. The van der Waals surface area contributed by atoms with Crippen molar-refractivity contribution in [1.29, 1.82) is 0 Å². The van der Waals surface area contributed by atoms with Gasteiger partial charge in [-0.15, -0.1) is 0 Å². The van der Waals surface area contributed by atoms with E-state index in [4.69, 9.17) is 0 Å². The van der Waals surface area contributed by atoms with Crippen LogP contribution in [0.1, 0.15) is 15.9 Å². The largest absolute Gasteiger partial charge is 0.416 e. The number of aromatic nitrogens is 1. The van der Waals surface area contributed by atoms with Crippen LogP contribution >= 0.6 is 0 Å². The molecule has 1 amide bonds. The van der Waals surface area contributed by atoms with Gasteiger partial charge in [0.2, 0.25) is 0 Å². The second-order valence-corrected chi connectivity index (χ2v) is 4.83. The van der Waals surface area contributed by atoms with Crippen molar-refractivity contribution >= 4 is 17.4 Å². The molecule has 22 heavy (non-hydrogen) atoms. The monoisotopic (exact) mass is 309 g/mol. The second-order valence-electron chi connectivity index (χ2n) is 4.83. The van der Waals surface area contributed by atoms with Crippen LogP contribution in [0.25, 0.3) is 0 Å². The molecule has 0 spiro atoms. The molecule has 4 nitrogen and oxygen atoms in total. The maximum atomic E-state index is 12.5. The fraction of sp³-hybridized carbons (Fsp3) is 0.200. The number of anilines is 2. The number of pyridine rings is 1. The Morgan fingerprint density at radius 2 is 1.73 bits per heavy atom. The van der Waals surface area contributed by atoms with Crippen LogP contribution in [-0.4, -0.2) is 25.0 Å². The molecule has 0 aliphatic rings. The van der Waals surface area contributed by atoms with Gasteiger partial charge in [0.1, 0.15) is 5.82 Å². The number of carbonyl (C=O) groups is 1. The number of hydrogen-bond acceptors (Lipinski definition) is 3. The van der Waals surface area contributed by atoms with Crippen LogP contribution in [-0.2, 0) is 6.18 Å². The Morgan fingerprint density at radius 3 is 2.18 bits per heavy atom. The highest BCUT2D eigenvalue weighted by Gasteiger charge is 2.29. The van der Waals surface area contributed by atoms with Gasteiger partial charge in [-0.1, -0.05) is 0 Å². The molecule has 1 heterocycles. The molecule has 0 aliphatic carbocycles. The van der Waals surface area contributed by atoms with Gasteiger partial charge in [-0.2, -0.15) is 13.2 Å². The molecule has 7 heteroatoms. The van der Waals surface area contributed by atoms with E-state index >= 15 is 0 Å². The van der Waals surface area contributed by atoms with Crippen molar-refractivity contribution in [3.63, 3.8) is 0 Å². The van der Waals surface area contributed by atoms with Crippen molar-refractivity contribution in [3.8, 4) is 0 Å². The van der Waals surface area contributed by atoms with Crippen molar-refractivity contribution < 1.29 is 18.0 Å². The maximum Gasteiger partial charge on any atom is 0.416 e. The smallest absolute Gasteiger partial charge is 0.363 e. The molecular weight excluding hydrogens is 295 g/mol. The first-order valence-corrected chi connectivity index (χ1v) is 6.39. The number of nitrogens with one attached hydrogen (secondary N) is 1. The molecule has 116 valence electrons. The van der Waals surface area contributed by atoms with E-state index in [2.05, 4.69) is 10.3 Å². The summed E-state index contributed by atoms with van der Waals surface area (Å²) in [5.74, 6) is 0.267. The van der Waals surface area contributed by atoms with Crippen molar-refractivity contribution in [1.82, 2.24) is 4.98 Å². The van der Waals surface area contributed by atoms with Gasteiger partial charge >= 0.3 is 6.18 Å². The molecule has 0 fully saturated rings. The van der Waals surface area contributed by atoms with Gasteiger partial charge in [0.05, 0.1) is 11.1 Å². The summed E-state index contributed by atoms with van der Waals surface area (Å²) < 4.78 is 37.4. The first kappa shape index (κ1) is 15.8. The molecule has 1 N–H and O–H groups in total.